The summed E-state index contributed by atoms with van der Waals surface area (Å²) in [6.07, 6.45) is 6.48. The van der Waals surface area contributed by atoms with E-state index in [1.54, 1.807) is 11.1 Å². The Kier molecular flexibility index (Phi) is 4.00. The summed E-state index contributed by atoms with van der Waals surface area (Å²) < 4.78 is 0. The standard InChI is InChI=1S/C15H23N/c1-12(9-10-16)11-14-7-4-6-13-5-2-3-8-15(13)14/h2-3,5,8,12,14H,4,6-7,9-11,16H2,1H3. The molecule has 0 radical (unpaired) electrons. The molecule has 1 heteroatoms. The van der Waals surface area contributed by atoms with Gasteiger partial charge in [-0.25, -0.2) is 0 Å². The quantitative estimate of drug-likeness (QED) is 0.821. The van der Waals surface area contributed by atoms with Crippen molar-refractivity contribution in [3.05, 3.63) is 35.4 Å². The van der Waals surface area contributed by atoms with E-state index in [4.69, 9.17) is 5.73 Å². The normalized spacial score (nSPS) is 21.5. The Bertz CT molecular complexity index is 332. The van der Waals surface area contributed by atoms with Crippen LogP contribution >= 0.6 is 0 Å². The van der Waals surface area contributed by atoms with E-state index in [0.717, 1.165) is 18.4 Å². The van der Waals surface area contributed by atoms with Crippen molar-refractivity contribution in [3.63, 3.8) is 0 Å². The smallest absolute Gasteiger partial charge is 0.00747 e. The highest BCUT2D eigenvalue weighted by molar-refractivity contribution is 5.32. The fourth-order valence-electron chi connectivity index (χ4n) is 2.99. The SMILES string of the molecule is CC(CCN)CC1CCCc2ccccc21. The van der Waals surface area contributed by atoms with Gasteiger partial charge in [0.25, 0.3) is 0 Å². The average Bonchev–Trinajstić information content (AvgIpc) is 2.30. The van der Waals surface area contributed by atoms with E-state index >= 15 is 0 Å². The molecule has 88 valence electrons. The van der Waals surface area contributed by atoms with Crippen LogP contribution < -0.4 is 5.73 Å². The molecule has 0 heterocycles. The Morgan fingerprint density at radius 2 is 2.19 bits per heavy atom. The molecule has 2 unspecified atom stereocenters. The van der Waals surface area contributed by atoms with E-state index in [2.05, 4.69) is 31.2 Å². The van der Waals surface area contributed by atoms with Gasteiger partial charge in [-0.05, 0) is 61.6 Å². The van der Waals surface area contributed by atoms with E-state index in [9.17, 15) is 0 Å². The van der Waals surface area contributed by atoms with Crippen molar-refractivity contribution in [1.82, 2.24) is 0 Å². The van der Waals surface area contributed by atoms with Gasteiger partial charge < -0.3 is 5.73 Å². The predicted octanol–water partition coefficient (Wildman–Crippen LogP) is 3.48. The zero-order chi connectivity index (χ0) is 11.4. The molecular weight excluding hydrogens is 194 g/mol. The van der Waals surface area contributed by atoms with Crippen LogP contribution in [0.1, 0.15) is 49.7 Å². The third kappa shape index (κ3) is 2.65. The lowest BCUT2D eigenvalue weighted by Crippen LogP contribution is -2.14. The highest BCUT2D eigenvalue weighted by atomic mass is 14.5. The molecule has 16 heavy (non-hydrogen) atoms. The number of fused-ring (bicyclic) bond motifs is 1. The molecule has 1 aromatic carbocycles. The first-order valence-electron chi connectivity index (χ1n) is 6.59. The van der Waals surface area contributed by atoms with Crippen molar-refractivity contribution in [2.24, 2.45) is 11.7 Å². The van der Waals surface area contributed by atoms with Crippen LogP contribution in [0, 0.1) is 5.92 Å². The molecule has 2 N–H and O–H groups in total. The van der Waals surface area contributed by atoms with Crippen molar-refractivity contribution in [2.45, 2.75) is 44.9 Å². The molecule has 0 fully saturated rings. The van der Waals surface area contributed by atoms with Crippen molar-refractivity contribution in [3.8, 4) is 0 Å². The Labute approximate surface area is 99.0 Å². The van der Waals surface area contributed by atoms with Gasteiger partial charge >= 0.3 is 0 Å². The number of hydrogen-bond donors (Lipinski definition) is 1. The van der Waals surface area contributed by atoms with E-state index in [0.29, 0.717) is 0 Å². The van der Waals surface area contributed by atoms with E-state index in [1.165, 1.54) is 32.1 Å². The first kappa shape index (κ1) is 11.7. The average molecular weight is 217 g/mol. The first-order chi connectivity index (χ1) is 7.81. The van der Waals surface area contributed by atoms with Crippen molar-refractivity contribution >= 4 is 0 Å². The molecule has 0 spiro atoms. The van der Waals surface area contributed by atoms with Gasteiger partial charge in [-0.1, -0.05) is 31.2 Å². The lowest BCUT2D eigenvalue weighted by Gasteiger charge is -2.27. The van der Waals surface area contributed by atoms with Gasteiger partial charge in [0.05, 0.1) is 0 Å². The van der Waals surface area contributed by atoms with E-state index in [1.807, 2.05) is 0 Å². The van der Waals surface area contributed by atoms with E-state index < -0.39 is 0 Å². The second-order valence-corrected chi connectivity index (χ2v) is 5.21. The van der Waals surface area contributed by atoms with Gasteiger partial charge in [0.1, 0.15) is 0 Å². The van der Waals surface area contributed by atoms with Gasteiger partial charge in [0.2, 0.25) is 0 Å². The van der Waals surface area contributed by atoms with Gasteiger partial charge in [0, 0.05) is 0 Å². The minimum atomic E-state index is 0.765. The lowest BCUT2D eigenvalue weighted by molar-refractivity contribution is 0.410. The Morgan fingerprint density at radius 3 is 3.00 bits per heavy atom. The van der Waals surface area contributed by atoms with Crippen LogP contribution in [0.4, 0.5) is 0 Å². The molecule has 0 bridgehead atoms. The zero-order valence-electron chi connectivity index (χ0n) is 10.3. The summed E-state index contributed by atoms with van der Waals surface area (Å²) in [5.74, 6) is 1.55. The van der Waals surface area contributed by atoms with Crippen LogP contribution in [0.5, 0.6) is 0 Å². The van der Waals surface area contributed by atoms with Crippen LogP contribution in [-0.4, -0.2) is 6.54 Å². The minimum Gasteiger partial charge on any atom is -0.330 e. The van der Waals surface area contributed by atoms with Crippen LogP contribution in [0.2, 0.25) is 0 Å². The molecule has 1 aromatic rings. The molecule has 1 aliphatic carbocycles. The lowest BCUT2D eigenvalue weighted by atomic mass is 9.78. The van der Waals surface area contributed by atoms with Crippen LogP contribution in [0.25, 0.3) is 0 Å². The van der Waals surface area contributed by atoms with Gasteiger partial charge in [-0.15, -0.1) is 0 Å². The third-order valence-electron chi connectivity index (χ3n) is 3.84. The fraction of sp³-hybridized carbons (Fsp3) is 0.600. The third-order valence-corrected chi connectivity index (χ3v) is 3.84. The Hall–Kier alpha value is -0.820. The zero-order valence-corrected chi connectivity index (χ0v) is 10.3. The molecule has 0 aliphatic heterocycles. The van der Waals surface area contributed by atoms with Gasteiger partial charge in [-0.2, -0.15) is 0 Å². The highest BCUT2D eigenvalue weighted by Crippen LogP contribution is 2.36. The van der Waals surface area contributed by atoms with Gasteiger partial charge in [-0.3, -0.25) is 0 Å². The molecule has 0 amide bonds. The summed E-state index contributed by atoms with van der Waals surface area (Å²) in [7, 11) is 0. The summed E-state index contributed by atoms with van der Waals surface area (Å²) in [6.45, 7) is 3.17. The summed E-state index contributed by atoms with van der Waals surface area (Å²) in [5.41, 5.74) is 8.82. The number of hydrogen-bond acceptors (Lipinski definition) is 1. The fourth-order valence-corrected chi connectivity index (χ4v) is 2.99. The maximum atomic E-state index is 5.63. The summed E-state index contributed by atoms with van der Waals surface area (Å²) in [4.78, 5) is 0. The van der Waals surface area contributed by atoms with Crippen LogP contribution in [0.15, 0.2) is 24.3 Å². The molecular formula is C15H23N. The Morgan fingerprint density at radius 1 is 1.38 bits per heavy atom. The van der Waals surface area contributed by atoms with Crippen molar-refractivity contribution in [1.29, 1.82) is 0 Å². The van der Waals surface area contributed by atoms with Crippen LogP contribution in [0.3, 0.4) is 0 Å². The molecule has 1 nitrogen and oxygen atoms in total. The summed E-state index contributed by atoms with van der Waals surface area (Å²) in [5, 5.41) is 0. The summed E-state index contributed by atoms with van der Waals surface area (Å²) in [6, 6.07) is 8.98. The van der Waals surface area contributed by atoms with E-state index in [-0.39, 0.29) is 0 Å². The minimum absolute atomic E-state index is 0.765. The number of aryl methyl sites for hydroxylation is 1. The van der Waals surface area contributed by atoms with Gasteiger partial charge in [0.15, 0.2) is 0 Å². The maximum Gasteiger partial charge on any atom is -0.00747 e. The molecule has 1 aliphatic rings. The van der Waals surface area contributed by atoms with Crippen molar-refractivity contribution in [2.75, 3.05) is 6.54 Å². The second-order valence-electron chi connectivity index (χ2n) is 5.21. The first-order valence-corrected chi connectivity index (χ1v) is 6.59. The monoisotopic (exact) mass is 217 g/mol. The number of nitrogens with two attached hydrogens (primary N) is 1. The number of benzene rings is 1. The van der Waals surface area contributed by atoms with Crippen LogP contribution in [-0.2, 0) is 6.42 Å². The molecule has 2 atom stereocenters. The summed E-state index contributed by atoms with van der Waals surface area (Å²) >= 11 is 0. The number of rotatable bonds is 4. The molecule has 0 saturated heterocycles. The molecule has 0 saturated carbocycles. The predicted molar refractivity (Wildman–Crippen MR) is 69.6 cm³/mol. The largest absolute Gasteiger partial charge is 0.330 e. The Balaban J connectivity index is 2.07. The second kappa shape index (κ2) is 5.49. The van der Waals surface area contributed by atoms with Crippen molar-refractivity contribution < 1.29 is 0 Å². The molecule has 2 rings (SSSR count). The topological polar surface area (TPSA) is 26.0 Å². The highest BCUT2D eigenvalue weighted by Gasteiger charge is 2.21. The molecule has 0 aromatic heterocycles. The maximum absolute atomic E-state index is 5.63.